The second-order valence-corrected chi connectivity index (χ2v) is 8.26. The molecule has 0 aliphatic carbocycles. The lowest BCUT2D eigenvalue weighted by atomic mass is 9.81. The molecule has 1 aromatic heterocycles. The Morgan fingerprint density at radius 1 is 1.09 bits per heavy atom. The molecule has 1 unspecified atom stereocenters. The summed E-state index contributed by atoms with van der Waals surface area (Å²) in [6.07, 6.45) is 1.71. The zero-order chi connectivity index (χ0) is 25.3. The van der Waals surface area contributed by atoms with Crippen molar-refractivity contribution in [1.29, 1.82) is 5.26 Å². The molecule has 0 bridgehead atoms. The number of esters is 2. The van der Waals surface area contributed by atoms with Gasteiger partial charge < -0.3 is 15.2 Å². The van der Waals surface area contributed by atoms with Crippen molar-refractivity contribution >= 4 is 28.5 Å². The van der Waals surface area contributed by atoms with Gasteiger partial charge in [-0.1, -0.05) is 30.3 Å². The number of allylic oxidation sites excluding steroid dienone is 1. The predicted octanol–water partition coefficient (Wildman–Crippen LogP) is 3.51. The Morgan fingerprint density at radius 2 is 1.77 bits per heavy atom. The summed E-state index contributed by atoms with van der Waals surface area (Å²) >= 11 is 0. The van der Waals surface area contributed by atoms with Crippen LogP contribution in [0, 0.1) is 11.3 Å². The molecule has 0 radical (unpaired) electrons. The molecule has 9 nitrogen and oxygen atoms in total. The van der Waals surface area contributed by atoms with E-state index in [1.807, 2.05) is 30.7 Å². The monoisotopic (exact) mass is 471 g/mol. The van der Waals surface area contributed by atoms with Crippen LogP contribution in [0.2, 0.25) is 0 Å². The third-order valence-electron chi connectivity index (χ3n) is 5.94. The molecule has 1 aliphatic heterocycles. The number of benzene rings is 2. The summed E-state index contributed by atoms with van der Waals surface area (Å²) in [7, 11) is 2.44. The van der Waals surface area contributed by atoms with E-state index in [4.69, 9.17) is 15.2 Å². The van der Waals surface area contributed by atoms with E-state index in [0.29, 0.717) is 11.3 Å². The number of hydrogen-bond acceptors (Lipinski definition) is 8. The maximum Gasteiger partial charge on any atom is 0.355 e. The number of fused-ring (bicyclic) bond motifs is 1. The number of methoxy groups -OCH3 is 2. The molecule has 178 valence electrons. The van der Waals surface area contributed by atoms with E-state index in [-0.39, 0.29) is 28.7 Å². The number of carbonyl (C=O) groups excluding carboxylic acids is 2. The van der Waals surface area contributed by atoms with Gasteiger partial charge in [-0.25, -0.2) is 9.59 Å². The minimum absolute atomic E-state index is 0.0185. The molecular formula is C26H25N5O4. The van der Waals surface area contributed by atoms with Crippen molar-refractivity contribution in [2.45, 2.75) is 25.8 Å². The first-order valence-corrected chi connectivity index (χ1v) is 11.0. The summed E-state index contributed by atoms with van der Waals surface area (Å²) in [5.41, 5.74) is 8.49. The number of nitriles is 1. The zero-order valence-corrected chi connectivity index (χ0v) is 19.9. The van der Waals surface area contributed by atoms with Crippen molar-refractivity contribution < 1.29 is 19.1 Å². The quantitative estimate of drug-likeness (QED) is 0.561. The average molecular weight is 472 g/mol. The number of hydrogen-bond donors (Lipinski definition) is 1. The van der Waals surface area contributed by atoms with E-state index in [1.165, 1.54) is 19.1 Å². The highest BCUT2D eigenvalue weighted by Gasteiger charge is 2.43. The van der Waals surface area contributed by atoms with Crippen LogP contribution in [-0.2, 0) is 19.1 Å². The highest BCUT2D eigenvalue weighted by molar-refractivity contribution is 6.06. The molecule has 1 aliphatic rings. The van der Waals surface area contributed by atoms with Crippen molar-refractivity contribution in [3.05, 3.63) is 83.0 Å². The number of carbonyl (C=O) groups is 2. The van der Waals surface area contributed by atoms with Crippen LogP contribution in [0.5, 0.6) is 0 Å². The molecule has 2 heterocycles. The van der Waals surface area contributed by atoms with E-state index < -0.39 is 17.9 Å². The highest BCUT2D eigenvalue weighted by Crippen LogP contribution is 2.43. The summed E-state index contributed by atoms with van der Waals surface area (Å²) < 4.78 is 12.0. The van der Waals surface area contributed by atoms with E-state index >= 15 is 0 Å². The number of aromatic nitrogens is 2. The Morgan fingerprint density at radius 3 is 2.37 bits per heavy atom. The molecule has 35 heavy (non-hydrogen) atoms. The Kier molecular flexibility index (Phi) is 6.30. The molecule has 0 spiro atoms. The fourth-order valence-electron chi connectivity index (χ4n) is 4.37. The number of nitrogens with zero attached hydrogens (tertiary/aromatic N) is 4. The van der Waals surface area contributed by atoms with Gasteiger partial charge in [-0.2, -0.15) is 10.4 Å². The fourth-order valence-corrected chi connectivity index (χ4v) is 4.37. The lowest BCUT2D eigenvalue weighted by Gasteiger charge is -2.35. The van der Waals surface area contributed by atoms with E-state index in [1.54, 1.807) is 42.6 Å². The fraction of sp³-hybridized carbons (Fsp3) is 0.231. The van der Waals surface area contributed by atoms with Crippen LogP contribution in [0.4, 0.5) is 5.69 Å². The molecule has 0 saturated carbocycles. The van der Waals surface area contributed by atoms with Crippen molar-refractivity contribution in [1.82, 2.24) is 9.78 Å². The standard InChI is InChI=1S/C26H25N5O4/c1-15(2)31-20-11-10-18(12-17(20)14-29-31)30-23(26(33)35-4)22(25(32)34-3)21(19(13-27)24(30)28)16-8-6-5-7-9-16/h5-12,14-15,21H,28H2,1-4H3. The first-order valence-electron chi connectivity index (χ1n) is 11.0. The molecule has 1 atom stereocenters. The molecule has 2 N–H and O–H groups in total. The summed E-state index contributed by atoms with van der Waals surface area (Å²) in [6, 6.07) is 16.6. The summed E-state index contributed by atoms with van der Waals surface area (Å²) in [6.45, 7) is 4.05. The van der Waals surface area contributed by atoms with Gasteiger partial charge in [0.05, 0.1) is 49.1 Å². The van der Waals surface area contributed by atoms with Gasteiger partial charge in [-0.3, -0.25) is 9.58 Å². The van der Waals surface area contributed by atoms with Crippen LogP contribution in [0.25, 0.3) is 10.9 Å². The first-order chi connectivity index (χ1) is 16.8. The minimum atomic E-state index is -0.911. The number of nitrogens with two attached hydrogens (primary N) is 1. The molecule has 4 rings (SSSR count). The van der Waals surface area contributed by atoms with Crippen LogP contribution in [0.15, 0.2) is 77.4 Å². The van der Waals surface area contributed by atoms with Gasteiger partial charge in [0, 0.05) is 17.1 Å². The number of ether oxygens (including phenoxy) is 2. The zero-order valence-electron chi connectivity index (χ0n) is 19.9. The number of rotatable bonds is 5. The van der Waals surface area contributed by atoms with E-state index in [0.717, 1.165) is 10.9 Å². The predicted molar refractivity (Wildman–Crippen MR) is 130 cm³/mol. The molecule has 0 amide bonds. The van der Waals surface area contributed by atoms with Crippen LogP contribution < -0.4 is 10.6 Å². The van der Waals surface area contributed by atoms with Gasteiger partial charge in [-0.15, -0.1) is 0 Å². The van der Waals surface area contributed by atoms with Gasteiger partial charge in [0.25, 0.3) is 0 Å². The van der Waals surface area contributed by atoms with Crippen LogP contribution >= 0.6 is 0 Å². The largest absolute Gasteiger partial charge is 0.466 e. The SMILES string of the molecule is COC(=O)C1=C(C(=O)OC)N(c2ccc3c(cnn3C(C)C)c2)C(N)=C(C#N)C1c1ccccc1. The Bertz CT molecular complexity index is 1410. The van der Waals surface area contributed by atoms with Gasteiger partial charge in [0.15, 0.2) is 0 Å². The maximum atomic E-state index is 13.1. The van der Waals surface area contributed by atoms with Crippen LogP contribution in [0.1, 0.15) is 31.4 Å². The van der Waals surface area contributed by atoms with E-state index in [9.17, 15) is 14.9 Å². The molecule has 0 fully saturated rings. The molecular weight excluding hydrogens is 446 g/mol. The molecule has 2 aromatic carbocycles. The summed E-state index contributed by atoms with van der Waals surface area (Å²) in [5, 5.41) is 15.4. The van der Waals surface area contributed by atoms with Gasteiger partial charge in [0.2, 0.25) is 0 Å². The van der Waals surface area contributed by atoms with Crippen LogP contribution in [0.3, 0.4) is 0 Å². The molecule has 9 heteroatoms. The third kappa shape index (κ3) is 3.89. The smallest absolute Gasteiger partial charge is 0.355 e. The van der Waals surface area contributed by atoms with Gasteiger partial charge >= 0.3 is 11.9 Å². The normalized spacial score (nSPS) is 16.0. The topological polar surface area (TPSA) is 123 Å². The average Bonchev–Trinajstić information content (AvgIpc) is 3.31. The van der Waals surface area contributed by atoms with Crippen molar-refractivity contribution in [2.24, 2.45) is 5.73 Å². The van der Waals surface area contributed by atoms with Crippen LogP contribution in [-0.4, -0.2) is 35.9 Å². The van der Waals surface area contributed by atoms with Crippen molar-refractivity contribution in [3.8, 4) is 6.07 Å². The molecule has 3 aromatic rings. The highest BCUT2D eigenvalue weighted by atomic mass is 16.5. The third-order valence-corrected chi connectivity index (χ3v) is 5.94. The van der Waals surface area contributed by atoms with Crippen molar-refractivity contribution in [3.63, 3.8) is 0 Å². The van der Waals surface area contributed by atoms with Crippen molar-refractivity contribution in [2.75, 3.05) is 19.1 Å². The minimum Gasteiger partial charge on any atom is -0.466 e. The van der Waals surface area contributed by atoms with E-state index in [2.05, 4.69) is 11.2 Å². The summed E-state index contributed by atoms with van der Waals surface area (Å²) in [4.78, 5) is 27.6. The Labute approximate surface area is 202 Å². The Hall–Kier alpha value is -4.58. The molecule has 0 saturated heterocycles. The second kappa shape index (κ2) is 9.35. The second-order valence-electron chi connectivity index (χ2n) is 8.26. The lowest BCUT2D eigenvalue weighted by Crippen LogP contribution is -2.40. The Balaban J connectivity index is 2.03. The lowest BCUT2D eigenvalue weighted by molar-refractivity contribution is -0.139. The van der Waals surface area contributed by atoms with Gasteiger partial charge in [0.1, 0.15) is 11.5 Å². The number of anilines is 1. The maximum absolute atomic E-state index is 13.1. The summed E-state index contributed by atoms with van der Waals surface area (Å²) in [5.74, 6) is -2.45. The van der Waals surface area contributed by atoms with Gasteiger partial charge in [-0.05, 0) is 37.6 Å². The first kappa shape index (κ1) is 23.6.